The van der Waals surface area contributed by atoms with E-state index in [1.165, 1.54) is 12.8 Å². The van der Waals surface area contributed by atoms with Crippen molar-refractivity contribution in [2.45, 2.75) is 25.9 Å². The molecule has 3 rings (SSSR count). The van der Waals surface area contributed by atoms with Crippen LogP contribution < -0.4 is 10.1 Å². The number of guanidine groups is 1. The van der Waals surface area contributed by atoms with Crippen LogP contribution in [-0.4, -0.2) is 56.9 Å². The highest BCUT2D eigenvalue weighted by Gasteiger charge is 2.42. The minimum Gasteiger partial charge on any atom is -0.488 e. The van der Waals surface area contributed by atoms with Crippen LogP contribution in [0.5, 0.6) is 5.75 Å². The summed E-state index contributed by atoms with van der Waals surface area (Å²) in [5, 5.41) is 3.45. The van der Waals surface area contributed by atoms with E-state index in [2.05, 4.69) is 38.1 Å². The smallest absolute Gasteiger partial charge is 0.193 e. The Kier molecular flexibility index (Phi) is 5.66. The summed E-state index contributed by atoms with van der Waals surface area (Å²) < 4.78 is 12.6. The van der Waals surface area contributed by atoms with Crippen LogP contribution in [0.15, 0.2) is 33.7 Å². The van der Waals surface area contributed by atoms with Gasteiger partial charge in [-0.2, -0.15) is 0 Å². The Morgan fingerprint density at radius 3 is 3.00 bits per heavy atom. The zero-order valence-electron chi connectivity index (χ0n) is 14.4. The molecule has 0 radical (unpaired) electrons. The molecule has 1 aromatic rings. The Bertz CT molecular complexity index is 587. The molecule has 1 N–H and O–H groups in total. The zero-order valence-corrected chi connectivity index (χ0v) is 16.0. The fourth-order valence-electron chi connectivity index (χ4n) is 3.45. The average molecular weight is 396 g/mol. The van der Waals surface area contributed by atoms with Gasteiger partial charge >= 0.3 is 0 Å². The third-order valence-electron chi connectivity index (χ3n) is 4.85. The molecule has 0 bridgehead atoms. The van der Waals surface area contributed by atoms with Crippen LogP contribution in [-0.2, 0) is 4.74 Å². The molecule has 132 valence electrons. The number of benzene rings is 1. The van der Waals surface area contributed by atoms with Crippen molar-refractivity contribution < 1.29 is 9.47 Å². The standard InChI is InChI=1S/C18H26BrN3O2/c1-14(24-16-6-4-3-5-15(16)19)11-21-17(20-2)22-9-7-18(12-22)8-10-23-13-18/h3-6,14H,7-13H2,1-2H3,(H,20,21). The molecule has 1 aromatic carbocycles. The fourth-order valence-corrected chi connectivity index (χ4v) is 3.83. The predicted octanol–water partition coefficient (Wildman–Crippen LogP) is 2.90. The first kappa shape index (κ1) is 17.5. The van der Waals surface area contributed by atoms with Gasteiger partial charge in [0.2, 0.25) is 0 Å². The lowest BCUT2D eigenvalue weighted by Crippen LogP contribution is -2.44. The van der Waals surface area contributed by atoms with Crippen LogP contribution in [0.1, 0.15) is 19.8 Å². The molecule has 2 saturated heterocycles. The van der Waals surface area contributed by atoms with Crippen molar-refractivity contribution in [2.24, 2.45) is 10.4 Å². The molecule has 5 nitrogen and oxygen atoms in total. The number of hydrogen-bond acceptors (Lipinski definition) is 3. The average Bonchev–Trinajstić information content (AvgIpc) is 3.21. The summed E-state index contributed by atoms with van der Waals surface area (Å²) in [4.78, 5) is 6.79. The summed E-state index contributed by atoms with van der Waals surface area (Å²) in [6.45, 7) is 6.65. The molecule has 0 aliphatic carbocycles. The summed E-state index contributed by atoms with van der Waals surface area (Å²) in [7, 11) is 1.85. The highest BCUT2D eigenvalue weighted by atomic mass is 79.9. The topological polar surface area (TPSA) is 46.1 Å². The Labute approximate surface area is 152 Å². The Hall–Kier alpha value is -1.27. The fraction of sp³-hybridized carbons (Fsp3) is 0.611. The number of nitrogens with one attached hydrogen (secondary N) is 1. The maximum atomic E-state index is 5.99. The largest absolute Gasteiger partial charge is 0.488 e. The Balaban J connectivity index is 1.50. The van der Waals surface area contributed by atoms with E-state index in [-0.39, 0.29) is 6.10 Å². The normalized spacial score (nSPS) is 25.3. The van der Waals surface area contributed by atoms with Gasteiger partial charge in [0.05, 0.1) is 17.6 Å². The van der Waals surface area contributed by atoms with E-state index in [0.717, 1.165) is 42.5 Å². The van der Waals surface area contributed by atoms with Gasteiger partial charge in [0.15, 0.2) is 5.96 Å². The molecule has 24 heavy (non-hydrogen) atoms. The molecule has 0 amide bonds. The molecular formula is C18H26BrN3O2. The first-order chi connectivity index (χ1) is 11.6. The summed E-state index contributed by atoms with van der Waals surface area (Å²) in [5.41, 5.74) is 0.342. The number of nitrogens with zero attached hydrogens (tertiary/aromatic N) is 2. The van der Waals surface area contributed by atoms with E-state index in [0.29, 0.717) is 12.0 Å². The van der Waals surface area contributed by atoms with Crippen molar-refractivity contribution in [3.8, 4) is 5.75 Å². The number of hydrogen-bond donors (Lipinski definition) is 1. The second-order valence-corrected chi connectivity index (χ2v) is 7.62. The van der Waals surface area contributed by atoms with E-state index in [4.69, 9.17) is 9.47 Å². The molecule has 2 unspecified atom stereocenters. The third kappa shape index (κ3) is 4.03. The van der Waals surface area contributed by atoms with Crippen LogP contribution in [0, 0.1) is 5.41 Å². The second-order valence-electron chi connectivity index (χ2n) is 6.76. The monoisotopic (exact) mass is 395 g/mol. The summed E-state index contributed by atoms with van der Waals surface area (Å²) >= 11 is 3.52. The maximum Gasteiger partial charge on any atom is 0.193 e. The lowest BCUT2D eigenvalue weighted by molar-refractivity contribution is 0.156. The minimum absolute atomic E-state index is 0.0480. The number of aliphatic imine (C=N–C) groups is 1. The molecule has 2 heterocycles. The van der Waals surface area contributed by atoms with Crippen LogP contribution in [0.4, 0.5) is 0 Å². The van der Waals surface area contributed by atoms with Crippen LogP contribution in [0.2, 0.25) is 0 Å². The van der Waals surface area contributed by atoms with Gasteiger partial charge in [0.1, 0.15) is 11.9 Å². The van der Waals surface area contributed by atoms with Gasteiger partial charge in [0, 0.05) is 32.2 Å². The molecule has 2 fully saturated rings. The first-order valence-electron chi connectivity index (χ1n) is 8.56. The van der Waals surface area contributed by atoms with Gasteiger partial charge in [0.25, 0.3) is 0 Å². The number of rotatable bonds is 4. The second kappa shape index (κ2) is 7.74. The van der Waals surface area contributed by atoms with Crippen molar-refractivity contribution in [1.82, 2.24) is 10.2 Å². The van der Waals surface area contributed by atoms with E-state index < -0.39 is 0 Å². The predicted molar refractivity (Wildman–Crippen MR) is 99.7 cm³/mol. The third-order valence-corrected chi connectivity index (χ3v) is 5.50. The molecule has 0 aromatic heterocycles. The van der Waals surface area contributed by atoms with E-state index in [9.17, 15) is 0 Å². The van der Waals surface area contributed by atoms with E-state index in [1.807, 2.05) is 31.3 Å². The van der Waals surface area contributed by atoms with Crippen molar-refractivity contribution in [2.75, 3.05) is 39.9 Å². The van der Waals surface area contributed by atoms with E-state index in [1.54, 1.807) is 0 Å². The van der Waals surface area contributed by atoms with Crippen molar-refractivity contribution >= 4 is 21.9 Å². The van der Waals surface area contributed by atoms with Gasteiger partial charge in [-0.05, 0) is 47.8 Å². The Morgan fingerprint density at radius 2 is 2.29 bits per heavy atom. The molecule has 2 aliphatic heterocycles. The quantitative estimate of drug-likeness (QED) is 0.628. The summed E-state index contributed by atoms with van der Waals surface area (Å²) in [6.07, 6.45) is 2.41. The van der Waals surface area contributed by atoms with Crippen molar-refractivity contribution in [3.63, 3.8) is 0 Å². The molecule has 2 aliphatic rings. The van der Waals surface area contributed by atoms with Gasteiger partial charge in [-0.25, -0.2) is 0 Å². The molecule has 0 saturated carbocycles. The highest BCUT2D eigenvalue weighted by Crippen LogP contribution is 2.38. The lowest BCUT2D eigenvalue weighted by atomic mass is 9.87. The van der Waals surface area contributed by atoms with Crippen molar-refractivity contribution in [3.05, 3.63) is 28.7 Å². The maximum absolute atomic E-state index is 5.99. The SMILES string of the molecule is CN=C(NCC(C)Oc1ccccc1Br)N1CCC2(CCOC2)C1. The summed E-state index contributed by atoms with van der Waals surface area (Å²) in [5.74, 6) is 1.83. The molecule has 2 atom stereocenters. The molecule has 1 spiro atoms. The van der Waals surface area contributed by atoms with Crippen LogP contribution >= 0.6 is 15.9 Å². The van der Waals surface area contributed by atoms with Gasteiger partial charge in [-0.1, -0.05) is 12.1 Å². The van der Waals surface area contributed by atoms with Gasteiger partial charge in [-0.15, -0.1) is 0 Å². The van der Waals surface area contributed by atoms with Crippen molar-refractivity contribution in [1.29, 1.82) is 0 Å². The molecule has 6 heteroatoms. The van der Waals surface area contributed by atoms with Crippen LogP contribution in [0.3, 0.4) is 0 Å². The van der Waals surface area contributed by atoms with Gasteiger partial charge in [-0.3, -0.25) is 4.99 Å². The number of ether oxygens (including phenoxy) is 2. The molecular weight excluding hydrogens is 370 g/mol. The minimum atomic E-state index is 0.0480. The van der Waals surface area contributed by atoms with Gasteiger partial charge < -0.3 is 19.7 Å². The highest BCUT2D eigenvalue weighted by molar-refractivity contribution is 9.10. The zero-order chi connectivity index (χ0) is 17.0. The summed E-state index contributed by atoms with van der Waals surface area (Å²) in [6, 6.07) is 7.92. The first-order valence-corrected chi connectivity index (χ1v) is 9.36. The number of halogens is 1. The Morgan fingerprint density at radius 1 is 1.46 bits per heavy atom. The number of para-hydroxylation sites is 1. The van der Waals surface area contributed by atoms with Crippen LogP contribution in [0.25, 0.3) is 0 Å². The van der Waals surface area contributed by atoms with E-state index >= 15 is 0 Å². The lowest BCUT2D eigenvalue weighted by Gasteiger charge is -2.26. The number of likely N-dealkylation sites (tertiary alicyclic amines) is 1.